The lowest BCUT2D eigenvalue weighted by atomic mass is 10.2. The van der Waals surface area contributed by atoms with E-state index in [1.54, 1.807) is 12.1 Å². The molecule has 2 rings (SSSR count). The summed E-state index contributed by atoms with van der Waals surface area (Å²) < 4.78 is 12.9. The van der Waals surface area contributed by atoms with Crippen molar-refractivity contribution in [1.82, 2.24) is 5.32 Å². The largest absolute Gasteiger partial charge is 0.334 e. The number of benzene rings is 1. The van der Waals surface area contributed by atoms with E-state index in [0.29, 0.717) is 6.54 Å². The highest BCUT2D eigenvalue weighted by atomic mass is 32.1. The Labute approximate surface area is 102 Å². The summed E-state index contributed by atoms with van der Waals surface area (Å²) in [5, 5.41) is 7.99. The number of anilines is 1. The van der Waals surface area contributed by atoms with E-state index in [4.69, 9.17) is 0 Å². The van der Waals surface area contributed by atoms with Crippen molar-refractivity contribution in [2.24, 2.45) is 0 Å². The number of halogens is 1. The number of nitrogens with one attached hydrogen (secondary N) is 2. The van der Waals surface area contributed by atoms with Crippen molar-refractivity contribution in [1.29, 1.82) is 0 Å². The highest BCUT2D eigenvalue weighted by Crippen LogP contribution is 2.14. The topological polar surface area (TPSA) is 41.1 Å². The first-order valence-electron chi connectivity index (χ1n) is 5.07. The van der Waals surface area contributed by atoms with E-state index in [1.165, 1.54) is 23.5 Å². The third-order valence-electron chi connectivity index (χ3n) is 2.10. The van der Waals surface area contributed by atoms with Gasteiger partial charge in [-0.2, -0.15) is 0 Å². The van der Waals surface area contributed by atoms with Gasteiger partial charge in [0.05, 0.1) is 5.00 Å². The van der Waals surface area contributed by atoms with Crippen LogP contribution < -0.4 is 10.6 Å². The van der Waals surface area contributed by atoms with Gasteiger partial charge in [-0.15, -0.1) is 11.3 Å². The standard InChI is InChI=1S/C12H11FN2OS/c13-10-4-1-3-9(7-10)8-14-12(16)15-11-5-2-6-17-11/h1-7H,8H2,(H2,14,15,16). The lowest BCUT2D eigenvalue weighted by Gasteiger charge is -2.05. The fraction of sp³-hybridized carbons (Fsp3) is 0.0833. The van der Waals surface area contributed by atoms with E-state index >= 15 is 0 Å². The molecular formula is C12H11FN2OS. The van der Waals surface area contributed by atoms with Gasteiger partial charge in [0.15, 0.2) is 0 Å². The molecule has 0 aliphatic heterocycles. The quantitative estimate of drug-likeness (QED) is 0.862. The minimum atomic E-state index is -0.303. The smallest absolute Gasteiger partial charge is 0.320 e. The van der Waals surface area contributed by atoms with Crippen LogP contribution in [0.3, 0.4) is 0 Å². The SMILES string of the molecule is O=C(NCc1cccc(F)c1)Nc1cccs1. The number of hydrogen-bond donors (Lipinski definition) is 2. The number of carbonyl (C=O) groups excluding carboxylic acids is 1. The average molecular weight is 250 g/mol. The lowest BCUT2D eigenvalue weighted by molar-refractivity contribution is 0.252. The van der Waals surface area contributed by atoms with E-state index in [0.717, 1.165) is 10.6 Å². The van der Waals surface area contributed by atoms with E-state index in [9.17, 15) is 9.18 Å². The Kier molecular flexibility index (Phi) is 3.72. The highest BCUT2D eigenvalue weighted by Gasteiger charge is 2.02. The molecule has 0 saturated carbocycles. The Balaban J connectivity index is 1.84. The van der Waals surface area contributed by atoms with Crippen LogP contribution in [0, 0.1) is 5.82 Å². The maximum absolute atomic E-state index is 12.9. The number of urea groups is 1. The molecule has 0 spiro atoms. The zero-order valence-electron chi connectivity index (χ0n) is 8.94. The van der Waals surface area contributed by atoms with Gasteiger partial charge in [0.25, 0.3) is 0 Å². The van der Waals surface area contributed by atoms with Crippen LogP contribution in [0.2, 0.25) is 0 Å². The molecule has 17 heavy (non-hydrogen) atoms. The van der Waals surface area contributed by atoms with E-state index in [2.05, 4.69) is 10.6 Å². The second-order valence-corrected chi connectivity index (χ2v) is 4.36. The van der Waals surface area contributed by atoms with Gasteiger partial charge in [-0.05, 0) is 35.2 Å². The van der Waals surface area contributed by atoms with Crippen LogP contribution in [0.25, 0.3) is 0 Å². The molecule has 0 unspecified atom stereocenters. The molecule has 0 bridgehead atoms. The second-order valence-electron chi connectivity index (χ2n) is 3.41. The van der Waals surface area contributed by atoms with Gasteiger partial charge >= 0.3 is 6.03 Å². The maximum Gasteiger partial charge on any atom is 0.320 e. The van der Waals surface area contributed by atoms with Crippen LogP contribution >= 0.6 is 11.3 Å². The molecule has 88 valence electrons. The van der Waals surface area contributed by atoms with Gasteiger partial charge < -0.3 is 5.32 Å². The monoisotopic (exact) mass is 250 g/mol. The normalized spacial score (nSPS) is 9.94. The second kappa shape index (κ2) is 5.45. The van der Waals surface area contributed by atoms with Crippen LogP contribution in [0.15, 0.2) is 41.8 Å². The van der Waals surface area contributed by atoms with Crippen LogP contribution in [-0.4, -0.2) is 6.03 Å². The predicted molar refractivity (Wildman–Crippen MR) is 66.6 cm³/mol. The van der Waals surface area contributed by atoms with Gasteiger partial charge in [-0.25, -0.2) is 9.18 Å². The van der Waals surface area contributed by atoms with Crippen molar-refractivity contribution in [3.8, 4) is 0 Å². The summed E-state index contributed by atoms with van der Waals surface area (Å²) in [6.07, 6.45) is 0. The van der Waals surface area contributed by atoms with E-state index in [1.807, 2.05) is 17.5 Å². The molecule has 0 atom stereocenters. The van der Waals surface area contributed by atoms with Crippen molar-refractivity contribution >= 4 is 22.4 Å². The van der Waals surface area contributed by atoms with Crippen molar-refractivity contribution < 1.29 is 9.18 Å². The molecule has 3 nitrogen and oxygen atoms in total. The molecule has 0 saturated heterocycles. The Morgan fingerprint density at radius 3 is 2.88 bits per heavy atom. The maximum atomic E-state index is 12.9. The molecule has 2 amide bonds. The molecule has 0 radical (unpaired) electrons. The minimum absolute atomic E-state index is 0.295. The summed E-state index contributed by atoms with van der Waals surface area (Å²) in [4.78, 5) is 11.5. The molecule has 0 aliphatic carbocycles. The first kappa shape index (κ1) is 11.6. The zero-order chi connectivity index (χ0) is 12.1. The van der Waals surface area contributed by atoms with Crippen molar-refractivity contribution in [2.45, 2.75) is 6.54 Å². The summed E-state index contributed by atoms with van der Waals surface area (Å²) in [7, 11) is 0. The predicted octanol–water partition coefficient (Wildman–Crippen LogP) is 3.21. The van der Waals surface area contributed by atoms with Gasteiger partial charge in [-0.3, -0.25) is 5.32 Å². The molecule has 0 fully saturated rings. The zero-order valence-corrected chi connectivity index (χ0v) is 9.76. The first-order valence-corrected chi connectivity index (χ1v) is 5.95. The summed E-state index contributed by atoms with van der Waals surface area (Å²) in [5.41, 5.74) is 0.728. The summed E-state index contributed by atoms with van der Waals surface area (Å²) >= 11 is 1.44. The van der Waals surface area contributed by atoms with E-state index in [-0.39, 0.29) is 11.8 Å². The summed E-state index contributed by atoms with van der Waals surface area (Å²) in [5.74, 6) is -0.303. The summed E-state index contributed by atoms with van der Waals surface area (Å²) in [6, 6.07) is 9.51. The van der Waals surface area contributed by atoms with Crippen molar-refractivity contribution in [3.63, 3.8) is 0 Å². The number of amides is 2. The van der Waals surface area contributed by atoms with E-state index < -0.39 is 0 Å². The first-order chi connectivity index (χ1) is 8.24. The number of hydrogen-bond acceptors (Lipinski definition) is 2. The van der Waals surface area contributed by atoms with Crippen molar-refractivity contribution in [2.75, 3.05) is 5.32 Å². The minimum Gasteiger partial charge on any atom is -0.334 e. The Bertz CT molecular complexity index is 499. The fourth-order valence-corrected chi connectivity index (χ4v) is 1.95. The third-order valence-corrected chi connectivity index (χ3v) is 2.89. The van der Waals surface area contributed by atoms with Gasteiger partial charge in [0, 0.05) is 6.54 Å². The number of carbonyl (C=O) groups is 1. The Hall–Kier alpha value is -1.88. The third kappa shape index (κ3) is 3.57. The molecule has 1 aromatic heterocycles. The molecule has 1 heterocycles. The van der Waals surface area contributed by atoms with Gasteiger partial charge in [-0.1, -0.05) is 12.1 Å². The highest BCUT2D eigenvalue weighted by molar-refractivity contribution is 7.14. The van der Waals surface area contributed by atoms with Gasteiger partial charge in [0.1, 0.15) is 5.82 Å². The molecule has 0 aliphatic rings. The fourth-order valence-electron chi connectivity index (χ4n) is 1.34. The molecule has 5 heteroatoms. The molecule has 2 N–H and O–H groups in total. The van der Waals surface area contributed by atoms with Crippen LogP contribution in [0.5, 0.6) is 0 Å². The van der Waals surface area contributed by atoms with Gasteiger partial charge in [0.2, 0.25) is 0 Å². The van der Waals surface area contributed by atoms with Crippen LogP contribution in [0.4, 0.5) is 14.2 Å². The summed E-state index contributed by atoms with van der Waals surface area (Å²) in [6.45, 7) is 0.301. The molecule has 1 aromatic carbocycles. The van der Waals surface area contributed by atoms with Crippen LogP contribution in [0.1, 0.15) is 5.56 Å². The molecular weight excluding hydrogens is 239 g/mol. The lowest BCUT2D eigenvalue weighted by Crippen LogP contribution is -2.27. The number of rotatable bonds is 3. The Morgan fingerprint density at radius 1 is 1.29 bits per heavy atom. The molecule has 2 aromatic rings. The van der Waals surface area contributed by atoms with Crippen LogP contribution in [-0.2, 0) is 6.54 Å². The van der Waals surface area contributed by atoms with Crippen molar-refractivity contribution in [3.05, 3.63) is 53.2 Å². The number of thiophene rings is 1. The average Bonchev–Trinajstić information content (AvgIpc) is 2.79. The Morgan fingerprint density at radius 2 is 2.18 bits per heavy atom.